The largest absolute Gasteiger partial charge is 0.495 e. The third-order valence-corrected chi connectivity index (χ3v) is 2.32. The first-order valence-electron chi connectivity index (χ1n) is 4.52. The van der Waals surface area contributed by atoms with Crippen LogP contribution < -0.4 is 10.5 Å². The number of fused-ring (bicyclic) bond motifs is 1. The first-order valence-corrected chi connectivity index (χ1v) is 4.52. The summed E-state index contributed by atoms with van der Waals surface area (Å²) in [5.74, 6) is 0.606. The summed E-state index contributed by atoms with van der Waals surface area (Å²) in [6.07, 6.45) is 0. The van der Waals surface area contributed by atoms with E-state index >= 15 is 0 Å². The smallest absolute Gasteiger partial charge is 0.144 e. The van der Waals surface area contributed by atoms with Crippen LogP contribution in [0.25, 0.3) is 10.8 Å². The normalized spacial score (nSPS) is 9.87. The predicted octanol–water partition coefficient (Wildman–Crippen LogP) is 2.30. The molecule has 0 radical (unpaired) electrons. The molecule has 15 heavy (non-hydrogen) atoms. The van der Waals surface area contributed by atoms with Gasteiger partial charge in [-0.1, -0.05) is 6.07 Å². The lowest BCUT2D eigenvalue weighted by molar-refractivity contribution is 0.418. The van der Waals surface area contributed by atoms with Gasteiger partial charge in [0.2, 0.25) is 0 Å². The van der Waals surface area contributed by atoms with Gasteiger partial charge in [0, 0.05) is 11.1 Å². The van der Waals surface area contributed by atoms with E-state index in [-0.39, 0.29) is 0 Å². The molecule has 0 aliphatic rings. The maximum absolute atomic E-state index is 8.91. The third-order valence-electron chi connectivity index (χ3n) is 2.32. The first-order chi connectivity index (χ1) is 7.26. The lowest BCUT2D eigenvalue weighted by Gasteiger charge is -2.07. The fourth-order valence-electron chi connectivity index (χ4n) is 1.63. The Hall–Kier alpha value is -2.21. The minimum Gasteiger partial charge on any atom is -0.495 e. The molecule has 2 rings (SSSR count). The van der Waals surface area contributed by atoms with Crippen LogP contribution in [0.5, 0.6) is 5.75 Å². The number of anilines is 1. The number of benzene rings is 2. The van der Waals surface area contributed by atoms with Gasteiger partial charge in [0.05, 0.1) is 12.7 Å². The van der Waals surface area contributed by atoms with E-state index in [4.69, 9.17) is 15.7 Å². The van der Waals surface area contributed by atoms with Crippen molar-refractivity contribution in [1.82, 2.24) is 0 Å². The van der Waals surface area contributed by atoms with Crippen LogP contribution in [0.15, 0.2) is 30.3 Å². The van der Waals surface area contributed by atoms with Crippen LogP contribution in [0.3, 0.4) is 0 Å². The van der Waals surface area contributed by atoms with Gasteiger partial charge >= 0.3 is 0 Å². The summed E-state index contributed by atoms with van der Waals surface area (Å²) in [7, 11) is 1.56. The second kappa shape index (κ2) is 3.50. The SMILES string of the molecule is COc1c(C#N)ccc2cc(N)ccc12. The van der Waals surface area contributed by atoms with E-state index in [0.717, 1.165) is 10.8 Å². The van der Waals surface area contributed by atoms with E-state index in [2.05, 4.69) is 6.07 Å². The summed E-state index contributed by atoms with van der Waals surface area (Å²) in [6.45, 7) is 0. The van der Waals surface area contributed by atoms with Crippen LogP contribution in [0.1, 0.15) is 5.56 Å². The molecule has 2 aromatic carbocycles. The van der Waals surface area contributed by atoms with Crippen LogP contribution in [0.2, 0.25) is 0 Å². The van der Waals surface area contributed by atoms with Gasteiger partial charge in [-0.05, 0) is 29.7 Å². The number of ether oxygens (including phenoxy) is 1. The minimum atomic E-state index is 0.537. The molecule has 0 saturated heterocycles. The second-order valence-corrected chi connectivity index (χ2v) is 3.24. The molecule has 3 heteroatoms. The predicted molar refractivity (Wildman–Crippen MR) is 59.6 cm³/mol. The number of nitrogens with two attached hydrogens (primary N) is 1. The van der Waals surface area contributed by atoms with Crippen LogP contribution in [0, 0.1) is 11.3 Å². The summed E-state index contributed by atoms with van der Waals surface area (Å²) in [5, 5.41) is 10.8. The summed E-state index contributed by atoms with van der Waals surface area (Å²) in [5.41, 5.74) is 6.92. The van der Waals surface area contributed by atoms with E-state index in [1.165, 1.54) is 0 Å². The van der Waals surface area contributed by atoms with Gasteiger partial charge in [0.1, 0.15) is 11.8 Å². The Balaban J connectivity index is 2.83. The highest BCUT2D eigenvalue weighted by molar-refractivity contribution is 5.92. The highest BCUT2D eigenvalue weighted by Crippen LogP contribution is 2.30. The van der Waals surface area contributed by atoms with Gasteiger partial charge in [0.15, 0.2) is 0 Å². The number of nitrogen functional groups attached to an aromatic ring is 1. The maximum atomic E-state index is 8.91. The second-order valence-electron chi connectivity index (χ2n) is 3.24. The number of nitrogens with zero attached hydrogens (tertiary/aromatic N) is 1. The maximum Gasteiger partial charge on any atom is 0.144 e. The van der Waals surface area contributed by atoms with Crippen molar-refractivity contribution < 1.29 is 4.74 Å². The Morgan fingerprint density at radius 1 is 1.27 bits per heavy atom. The molecule has 0 bridgehead atoms. The molecule has 0 aromatic heterocycles. The fraction of sp³-hybridized carbons (Fsp3) is 0.0833. The van der Waals surface area contributed by atoms with Crippen molar-refractivity contribution in [2.75, 3.05) is 12.8 Å². The zero-order valence-corrected chi connectivity index (χ0v) is 8.32. The summed E-state index contributed by atoms with van der Waals surface area (Å²) in [4.78, 5) is 0. The van der Waals surface area contributed by atoms with Crippen molar-refractivity contribution in [2.45, 2.75) is 0 Å². The third kappa shape index (κ3) is 1.46. The van der Waals surface area contributed by atoms with Crippen LogP contribution >= 0.6 is 0 Å². The molecule has 0 unspecified atom stereocenters. The number of rotatable bonds is 1. The van der Waals surface area contributed by atoms with Crippen molar-refractivity contribution in [3.05, 3.63) is 35.9 Å². The molecular weight excluding hydrogens is 188 g/mol. The Kier molecular flexibility index (Phi) is 2.18. The average Bonchev–Trinajstić information content (AvgIpc) is 2.27. The van der Waals surface area contributed by atoms with E-state index in [9.17, 15) is 0 Å². The molecular formula is C12H10N2O. The van der Waals surface area contributed by atoms with Crippen molar-refractivity contribution >= 4 is 16.5 Å². The zero-order valence-electron chi connectivity index (χ0n) is 8.32. The number of methoxy groups -OCH3 is 1. The lowest BCUT2D eigenvalue weighted by atomic mass is 10.1. The highest BCUT2D eigenvalue weighted by atomic mass is 16.5. The van der Waals surface area contributed by atoms with Gasteiger partial charge in [-0.15, -0.1) is 0 Å². The molecule has 0 atom stereocenters. The molecule has 2 N–H and O–H groups in total. The van der Waals surface area contributed by atoms with E-state index < -0.39 is 0 Å². The summed E-state index contributed by atoms with van der Waals surface area (Å²) in [6, 6.07) is 11.2. The quantitative estimate of drug-likeness (QED) is 0.715. The molecule has 0 spiro atoms. The lowest BCUT2D eigenvalue weighted by Crippen LogP contribution is -1.91. The van der Waals surface area contributed by atoms with E-state index in [1.54, 1.807) is 19.2 Å². The van der Waals surface area contributed by atoms with Crippen molar-refractivity contribution in [1.29, 1.82) is 5.26 Å². The monoisotopic (exact) mass is 198 g/mol. The molecule has 74 valence electrons. The molecule has 3 nitrogen and oxygen atoms in total. The molecule has 0 aliphatic heterocycles. The van der Waals surface area contributed by atoms with Gasteiger partial charge in [-0.25, -0.2) is 0 Å². The zero-order chi connectivity index (χ0) is 10.8. The van der Waals surface area contributed by atoms with Crippen molar-refractivity contribution in [3.63, 3.8) is 0 Å². The highest BCUT2D eigenvalue weighted by Gasteiger charge is 2.07. The van der Waals surface area contributed by atoms with Gasteiger partial charge in [-0.3, -0.25) is 0 Å². The van der Waals surface area contributed by atoms with E-state index in [0.29, 0.717) is 17.0 Å². The molecule has 0 heterocycles. The topological polar surface area (TPSA) is 59.0 Å². The molecule has 0 aliphatic carbocycles. The average molecular weight is 198 g/mol. The number of nitriles is 1. The van der Waals surface area contributed by atoms with Crippen LogP contribution in [-0.4, -0.2) is 7.11 Å². The summed E-state index contributed by atoms with van der Waals surface area (Å²) >= 11 is 0. The first kappa shape index (κ1) is 9.35. The van der Waals surface area contributed by atoms with Crippen LogP contribution in [0.4, 0.5) is 5.69 Å². The van der Waals surface area contributed by atoms with Gasteiger partial charge in [-0.2, -0.15) is 5.26 Å². The fourth-order valence-corrected chi connectivity index (χ4v) is 1.63. The number of hydrogen-bond acceptors (Lipinski definition) is 3. The van der Waals surface area contributed by atoms with E-state index in [1.807, 2.05) is 18.2 Å². The molecule has 0 amide bonds. The molecule has 0 saturated carbocycles. The van der Waals surface area contributed by atoms with Gasteiger partial charge in [0.25, 0.3) is 0 Å². The van der Waals surface area contributed by atoms with Crippen LogP contribution in [-0.2, 0) is 0 Å². The summed E-state index contributed by atoms with van der Waals surface area (Å²) < 4.78 is 5.23. The van der Waals surface area contributed by atoms with Gasteiger partial charge < -0.3 is 10.5 Å². The molecule has 2 aromatic rings. The van der Waals surface area contributed by atoms with Crippen molar-refractivity contribution in [3.8, 4) is 11.8 Å². The Labute approximate surface area is 87.7 Å². The Bertz CT molecular complexity index is 555. The number of hydrogen-bond donors (Lipinski definition) is 1. The molecule has 0 fully saturated rings. The minimum absolute atomic E-state index is 0.537. The Morgan fingerprint density at radius 3 is 2.73 bits per heavy atom. The van der Waals surface area contributed by atoms with Crippen molar-refractivity contribution in [2.24, 2.45) is 0 Å². The Morgan fingerprint density at radius 2 is 2.07 bits per heavy atom. The standard InChI is InChI=1S/C12H10N2O/c1-15-12-9(7-13)3-2-8-6-10(14)4-5-11(8)12/h2-6H,14H2,1H3.